The Morgan fingerprint density at radius 2 is 1.84 bits per heavy atom. The third-order valence-corrected chi connectivity index (χ3v) is 6.05. The van der Waals surface area contributed by atoms with Crippen molar-refractivity contribution in [1.82, 2.24) is 14.9 Å². The molecule has 132 valence electrons. The molecule has 1 N–H and O–H groups in total. The molecule has 25 heavy (non-hydrogen) atoms. The van der Waals surface area contributed by atoms with Crippen LogP contribution in [-0.4, -0.2) is 33.1 Å². The number of benzene rings is 1. The molecule has 3 atom stereocenters. The molecule has 0 radical (unpaired) electrons. The maximum atomic E-state index is 11.6. The summed E-state index contributed by atoms with van der Waals surface area (Å²) in [5.74, 6) is 1.70. The molecular formula is C21H27N3O. The summed E-state index contributed by atoms with van der Waals surface area (Å²) in [5.41, 5.74) is 2.80. The van der Waals surface area contributed by atoms with Gasteiger partial charge >= 0.3 is 0 Å². The molecule has 1 saturated heterocycles. The molecule has 4 nitrogen and oxygen atoms in total. The van der Waals surface area contributed by atoms with Crippen LogP contribution < -0.4 is 0 Å². The topological polar surface area (TPSA) is 49.2 Å². The molecule has 1 aromatic carbocycles. The first-order chi connectivity index (χ1) is 12.0. The van der Waals surface area contributed by atoms with E-state index in [4.69, 9.17) is 0 Å². The van der Waals surface area contributed by atoms with Gasteiger partial charge in [-0.15, -0.1) is 0 Å². The Hall–Kier alpha value is -1.78. The van der Waals surface area contributed by atoms with Gasteiger partial charge in [-0.05, 0) is 44.6 Å². The highest BCUT2D eigenvalue weighted by Crippen LogP contribution is 2.48. The average molecular weight is 337 g/mol. The standard InChI is InChI=1S/C21H27N3O/c1-15-5-7-19(8-6-15)21(25)9-3-4-18-13-24(14-20(18)21)12-17-10-22-16(2)23-11-17/h5-8,10-11,18,20,25H,3-4,9,12-14H2,1-2H3/t18-,20+,21+/m0/s1. The second-order valence-electron chi connectivity index (χ2n) is 7.88. The third-order valence-electron chi connectivity index (χ3n) is 6.05. The minimum atomic E-state index is -0.685. The lowest BCUT2D eigenvalue weighted by molar-refractivity contribution is -0.0648. The lowest BCUT2D eigenvalue weighted by Gasteiger charge is -2.41. The fraction of sp³-hybridized carbons (Fsp3) is 0.524. The van der Waals surface area contributed by atoms with Gasteiger partial charge in [-0.3, -0.25) is 4.90 Å². The van der Waals surface area contributed by atoms with Crippen LogP contribution >= 0.6 is 0 Å². The van der Waals surface area contributed by atoms with E-state index in [1.165, 1.54) is 12.0 Å². The van der Waals surface area contributed by atoms with Gasteiger partial charge in [-0.1, -0.05) is 29.8 Å². The highest BCUT2D eigenvalue weighted by Gasteiger charge is 2.49. The van der Waals surface area contributed by atoms with Gasteiger partial charge in [-0.2, -0.15) is 0 Å². The summed E-state index contributed by atoms with van der Waals surface area (Å²) in [6.07, 6.45) is 7.05. The van der Waals surface area contributed by atoms with E-state index in [1.807, 2.05) is 19.3 Å². The molecule has 1 saturated carbocycles. The zero-order chi connectivity index (χ0) is 17.4. The molecule has 0 amide bonds. The van der Waals surface area contributed by atoms with Crippen LogP contribution in [0.4, 0.5) is 0 Å². The van der Waals surface area contributed by atoms with Gasteiger partial charge in [0.05, 0.1) is 5.60 Å². The van der Waals surface area contributed by atoms with Crippen LogP contribution in [0.3, 0.4) is 0 Å². The minimum Gasteiger partial charge on any atom is -0.385 e. The third kappa shape index (κ3) is 3.21. The zero-order valence-corrected chi connectivity index (χ0v) is 15.2. The maximum Gasteiger partial charge on any atom is 0.125 e. The quantitative estimate of drug-likeness (QED) is 0.934. The number of fused-ring (bicyclic) bond motifs is 1. The van der Waals surface area contributed by atoms with Gasteiger partial charge in [0.25, 0.3) is 0 Å². The predicted molar refractivity (Wildman–Crippen MR) is 98.0 cm³/mol. The maximum absolute atomic E-state index is 11.6. The lowest BCUT2D eigenvalue weighted by atomic mass is 9.67. The van der Waals surface area contributed by atoms with E-state index in [0.717, 1.165) is 49.4 Å². The second kappa shape index (κ2) is 6.50. The van der Waals surface area contributed by atoms with Crippen molar-refractivity contribution in [2.45, 2.75) is 45.3 Å². The number of nitrogens with zero attached hydrogens (tertiary/aromatic N) is 3. The SMILES string of the molecule is Cc1ccc([C@]2(O)CCC[C@H]3CN(Cc4cnc(C)nc4)C[C@H]32)cc1. The zero-order valence-electron chi connectivity index (χ0n) is 15.2. The van der Waals surface area contributed by atoms with Crippen molar-refractivity contribution < 1.29 is 5.11 Å². The molecular weight excluding hydrogens is 310 g/mol. The Balaban J connectivity index is 1.53. The summed E-state index contributed by atoms with van der Waals surface area (Å²) in [5, 5.41) is 11.6. The molecule has 2 aliphatic rings. The van der Waals surface area contributed by atoms with E-state index >= 15 is 0 Å². The molecule has 2 fully saturated rings. The number of likely N-dealkylation sites (tertiary alicyclic amines) is 1. The number of aromatic nitrogens is 2. The number of aliphatic hydroxyl groups is 1. The highest BCUT2D eigenvalue weighted by molar-refractivity contribution is 5.28. The molecule has 0 spiro atoms. The van der Waals surface area contributed by atoms with Crippen molar-refractivity contribution in [3.05, 3.63) is 59.2 Å². The van der Waals surface area contributed by atoms with E-state index in [0.29, 0.717) is 11.8 Å². The largest absolute Gasteiger partial charge is 0.385 e. The van der Waals surface area contributed by atoms with Crippen molar-refractivity contribution in [1.29, 1.82) is 0 Å². The molecule has 1 aromatic heterocycles. The van der Waals surface area contributed by atoms with Crippen LogP contribution in [0.25, 0.3) is 0 Å². The summed E-state index contributed by atoms with van der Waals surface area (Å²) < 4.78 is 0. The summed E-state index contributed by atoms with van der Waals surface area (Å²) in [6.45, 7) is 6.89. The number of hydrogen-bond acceptors (Lipinski definition) is 4. The van der Waals surface area contributed by atoms with Gasteiger partial charge in [0.15, 0.2) is 0 Å². The van der Waals surface area contributed by atoms with Gasteiger partial charge in [0.1, 0.15) is 5.82 Å². The molecule has 2 heterocycles. The van der Waals surface area contributed by atoms with Crippen molar-refractivity contribution in [2.24, 2.45) is 11.8 Å². The van der Waals surface area contributed by atoms with Crippen LogP contribution in [0.1, 0.15) is 41.8 Å². The van der Waals surface area contributed by atoms with E-state index in [9.17, 15) is 5.11 Å². The smallest absolute Gasteiger partial charge is 0.125 e. The normalized spacial score (nSPS) is 29.6. The van der Waals surface area contributed by atoms with Crippen LogP contribution in [0, 0.1) is 25.7 Å². The molecule has 0 bridgehead atoms. The summed E-state index contributed by atoms with van der Waals surface area (Å²) in [7, 11) is 0. The van der Waals surface area contributed by atoms with E-state index in [2.05, 4.69) is 46.1 Å². The fourth-order valence-electron chi connectivity index (χ4n) is 4.70. The average Bonchev–Trinajstić information content (AvgIpc) is 3.02. The number of aryl methyl sites for hydroxylation is 2. The Labute approximate surface area is 149 Å². The Bertz CT molecular complexity index is 728. The van der Waals surface area contributed by atoms with Gasteiger partial charge in [0, 0.05) is 43.5 Å². The summed E-state index contributed by atoms with van der Waals surface area (Å²) >= 11 is 0. The van der Waals surface area contributed by atoms with E-state index in [1.54, 1.807) is 0 Å². The second-order valence-corrected chi connectivity index (χ2v) is 7.88. The van der Waals surface area contributed by atoms with Crippen LogP contribution in [0.15, 0.2) is 36.7 Å². The van der Waals surface area contributed by atoms with Crippen LogP contribution in [0.5, 0.6) is 0 Å². The Kier molecular flexibility index (Phi) is 4.34. The van der Waals surface area contributed by atoms with Crippen molar-refractivity contribution >= 4 is 0 Å². The predicted octanol–water partition coefficient (Wildman–Crippen LogP) is 3.21. The molecule has 0 unspecified atom stereocenters. The summed E-state index contributed by atoms with van der Waals surface area (Å²) in [4.78, 5) is 11.1. The fourth-order valence-corrected chi connectivity index (χ4v) is 4.70. The first-order valence-corrected chi connectivity index (χ1v) is 9.34. The molecule has 4 heteroatoms. The first-order valence-electron chi connectivity index (χ1n) is 9.34. The van der Waals surface area contributed by atoms with Crippen molar-refractivity contribution in [2.75, 3.05) is 13.1 Å². The molecule has 2 aromatic rings. The summed E-state index contributed by atoms with van der Waals surface area (Å²) in [6, 6.07) is 8.48. The van der Waals surface area contributed by atoms with Crippen LogP contribution in [-0.2, 0) is 12.1 Å². The van der Waals surface area contributed by atoms with Crippen molar-refractivity contribution in [3.8, 4) is 0 Å². The van der Waals surface area contributed by atoms with Crippen molar-refractivity contribution in [3.63, 3.8) is 0 Å². The van der Waals surface area contributed by atoms with E-state index in [-0.39, 0.29) is 0 Å². The lowest BCUT2D eigenvalue weighted by Crippen LogP contribution is -2.42. The highest BCUT2D eigenvalue weighted by atomic mass is 16.3. The molecule has 1 aliphatic heterocycles. The molecule has 4 rings (SSSR count). The van der Waals surface area contributed by atoms with Crippen LogP contribution in [0.2, 0.25) is 0 Å². The number of hydrogen-bond donors (Lipinski definition) is 1. The van der Waals surface area contributed by atoms with E-state index < -0.39 is 5.60 Å². The molecule has 1 aliphatic carbocycles. The Morgan fingerprint density at radius 3 is 2.56 bits per heavy atom. The first kappa shape index (κ1) is 16.7. The van der Waals surface area contributed by atoms with Gasteiger partial charge in [-0.25, -0.2) is 9.97 Å². The number of rotatable bonds is 3. The van der Waals surface area contributed by atoms with Gasteiger partial charge in [0.2, 0.25) is 0 Å². The Morgan fingerprint density at radius 1 is 1.12 bits per heavy atom. The minimum absolute atomic E-state index is 0.315. The monoisotopic (exact) mass is 337 g/mol. The van der Waals surface area contributed by atoms with Gasteiger partial charge < -0.3 is 5.11 Å².